The second-order valence-corrected chi connectivity index (χ2v) is 5.20. The Bertz CT molecular complexity index is 552. The number of aromatic nitrogens is 2. The number of hydrogen-bond acceptors (Lipinski definition) is 5. The minimum absolute atomic E-state index is 0. The van der Waals surface area contributed by atoms with Crippen LogP contribution in [-0.2, 0) is 10.9 Å². The van der Waals surface area contributed by atoms with Crippen LogP contribution in [0.3, 0.4) is 0 Å². The van der Waals surface area contributed by atoms with Crippen molar-refractivity contribution in [3.05, 3.63) is 18.0 Å². The maximum atomic E-state index is 12.6. The minimum atomic E-state index is -4.48. The van der Waals surface area contributed by atoms with E-state index in [1.54, 1.807) is 7.05 Å². The lowest BCUT2D eigenvalue weighted by molar-refractivity contribution is -0.141. The third-order valence-electron chi connectivity index (χ3n) is 3.39. The largest absolute Gasteiger partial charge is 0.433 e. The van der Waals surface area contributed by atoms with Gasteiger partial charge in [-0.25, -0.2) is 9.97 Å². The van der Waals surface area contributed by atoms with E-state index >= 15 is 0 Å². The van der Waals surface area contributed by atoms with Crippen molar-refractivity contribution < 1.29 is 17.9 Å². The highest BCUT2D eigenvalue weighted by atomic mass is 127. The summed E-state index contributed by atoms with van der Waals surface area (Å²) in [4.78, 5) is 11.3. The summed E-state index contributed by atoms with van der Waals surface area (Å²) in [5, 5.41) is 8.94. The number of alkyl halides is 3. The molecule has 2 heterocycles. The van der Waals surface area contributed by atoms with Gasteiger partial charge < -0.3 is 20.7 Å². The molecule has 0 bridgehead atoms. The smallest absolute Gasteiger partial charge is 0.376 e. The average Bonchev–Trinajstić information content (AvgIpc) is 3.07. The zero-order valence-electron chi connectivity index (χ0n) is 13.8. The van der Waals surface area contributed by atoms with Crippen LogP contribution in [0.5, 0.6) is 0 Å². The van der Waals surface area contributed by atoms with Crippen molar-refractivity contribution in [3.8, 4) is 0 Å². The maximum absolute atomic E-state index is 12.6. The van der Waals surface area contributed by atoms with Crippen molar-refractivity contribution in [2.24, 2.45) is 4.99 Å². The molecule has 1 saturated heterocycles. The van der Waals surface area contributed by atoms with E-state index in [0.29, 0.717) is 25.6 Å². The van der Waals surface area contributed by atoms with Crippen molar-refractivity contribution in [2.75, 3.05) is 38.6 Å². The van der Waals surface area contributed by atoms with E-state index in [-0.39, 0.29) is 36.0 Å². The summed E-state index contributed by atoms with van der Waals surface area (Å²) >= 11 is 0. The number of halogens is 4. The Balaban J connectivity index is 0.00000312. The molecular formula is C14H22F3IN6O. The van der Waals surface area contributed by atoms with Crippen LogP contribution < -0.4 is 16.0 Å². The molecule has 7 nitrogen and oxygen atoms in total. The number of nitrogens with one attached hydrogen (secondary N) is 3. The number of guanidine groups is 1. The minimum Gasteiger partial charge on any atom is -0.376 e. The summed E-state index contributed by atoms with van der Waals surface area (Å²) in [6.45, 7) is 2.26. The molecule has 2 rings (SSSR count). The molecule has 1 fully saturated rings. The molecule has 1 aromatic rings. The van der Waals surface area contributed by atoms with Gasteiger partial charge in [0, 0.05) is 39.5 Å². The van der Waals surface area contributed by atoms with E-state index in [2.05, 4.69) is 30.9 Å². The van der Waals surface area contributed by atoms with Crippen LogP contribution in [0.4, 0.5) is 19.1 Å². The molecule has 1 aliphatic heterocycles. The maximum Gasteiger partial charge on any atom is 0.433 e. The highest BCUT2D eigenvalue weighted by Gasteiger charge is 2.32. The fourth-order valence-corrected chi connectivity index (χ4v) is 2.19. The van der Waals surface area contributed by atoms with Gasteiger partial charge in [0.05, 0.1) is 6.10 Å². The quantitative estimate of drug-likeness (QED) is 0.253. The first-order valence-corrected chi connectivity index (χ1v) is 7.69. The molecule has 1 unspecified atom stereocenters. The van der Waals surface area contributed by atoms with Gasteiger partial charge in [0.2, 0.25) is 5.95 Å². The van der Waals surface area contributed by atoms with E-state index in [1.165, 1.54) is 0 Å². The number of nitrogens with zero attached hydrogens (tertiary/aromatic N) is 3. The highest BCUT2D eigenvalue weighted by Crippen LogP contribution is 2.27. The summed E-state index contributed by atoms with van der Waals surface area (Å²) in [6.07, 6.45) is -1.11. The van der Waals surface area contributed by atoms with E-state index in [9.17, 15) is 13.2 Å². The van der Waals surface area contributed by atoms with Gasteiger partial charge >= 0.3 is 6.18 Å². The zero-order chi connectivity index (χ0) is 17.4. The molecule has 1 aromatic heterocycles. The van der Waals surface area contributed by atoms with E-state index in [1.807, 2.05) is 0 Å². The van der Waals surface area contributed by atoms with Gasteiger partial charge in [0.1, 0.15) is 5.69 Å². The molecule has 3 N–H and O–H groups in total. The molecular weight excluding hydrogens is 452 g/mol. The number of rotatable bonds is 6. The Morgan fingerprint density at radius 1 is 1.36 bits per heavy atom. The van der Waals surface area contributed by atoms with Gasteiger partial charge in [-0.05, 0) is 18.9 Å². The molecule has 11 heteroatoms. The zero-order valence-corrected chi connectivity index (χ0v) is 16.1. The fraction of sp³-hybridized carbons (Fsp3) is 0.643. The van der Waals surface area contributed by atoms with Crippen molar-refractivity contribution in [2.45, 2.75) is 25.1 Å². The summed E-state index contributed by atoms with van der Waals surface area (Å²) in [5.74, 6) is 0.547. The third kappa shape index (κ3) is 7.59. The first kappa shape index (κ1) is 21.7. The molecule has 25 heavy (non-hydrogen) atoms. The predicted molar refractivity (Wildman–Crippen MR) is 99.3 cm³/mol. The van der Waals surface area contributed by atoms with Gasteiger partial charge in [-0.1, -0.05) is 0 Å². The van der Waals surface area contributed by atoms with E-state index in [0.717, 1.165) is 31.7 Å². The standard InChI is InChI=1S/C14H21F3N6O.HI/c1-18-12(22-9-10-3-2-8-24-10)20-6-7-21-13-19-5-4-11(23-13)14(15,16)17;/h4-5,10H,2-3,6-9H2,1H3,(H2,18,20,22)(H,19,21,23);1H. The van der Waals surface area contributed by atoms with E-state index in [4.69, 9.17) is 4.74 Å². The first-order valence-electron chi connectivity index (χ1n) is 7.69. The molecule has 0 aliphatic carbocycles. The van der Waals surface area contributed by atoms with Crippen LogP contribution in [-0.4, -0.2) is 55.3 Å². The van der Waals surface area contributed by atoms with Crippen molar-refractivity contribution in [1.29, 1.82) is 0 Å². The number of aliphatic imine (C=N–C) groups is 1. The van der Waals surface area contributed by atoms with Gasteiger partial charge in [0.25, 0.3) is 0 Å². The second-order valence-electron chi connectivity index (χ2n) is 5.20. The second kappa shape index (κ2) is 10.6. The number of ether oxygens (including phenoxy) is 1. The summed E-state index contributed by atoms with van der Waals surface area (Å²) in [6, 6.07) is 0.834. The molecule has 142 valence electrons. The molecule has 1 atom stereocenters. The lowest BCUT2D eigenvalue weighted by Gasteiger charge is -2.15. The summed E-state index contributed by atoms with van der Waals surface area (Å²) in [5.41, 5.74) is -0.970. The van der Waals surface area contributed by atoms with Crippen LogP contribution in [0.25, 0.3) is 0 Å². The average molecular weight is 474 g/mol. The van der Waals surface area contributed by atoms with Gasteiger partial charge in [-0.15, -0.1) is 24.0 Å². The Kier molecular flexibility index (Phi) is 9.17. The van der Waals surface area contributed by atoms with Gasteiger partial charge in [-0.3, -0.25) is 4.99 Å². The topological polar surface area (TPSA) is 83.5 Å². The van der Waals surface area contributed by atoms with Crippen LogP contribution in [0.15, 0.2) is 17.3 Å². The van der Waals surface area contributed by atoms with Crippen LogP contribution in [0.1, 0.15) is 18.5 Å². The molecule has 0 radical (unpaired) electrons. The van der Waals surface area contributed by atoms with Gasteiger partial charge in [-0.2, -0.15) is 13.2 Å². The molecule has 0 amide bonds. The Morgan fingerprint density at radius 2 is 2.16 bits per heavy atom. The normalized spacial score (nSPS) is 17.8. The molecule has 0 spiro atoms. The van der Waals surface area contributed by atoms with Crippen molar-refractivity contribution in [3.63, 3.8) is 0 Å². The third-order valence-corrected chi connectivity index (χ3v) is 3.39. The Hall–Kier alpha value is -1.37. The lowest BCUT2D eigenvalue weighted by atomic mass is 10.2. The highest BCUT2D eigenvalue weighted by molar-refractivity contribution is 14.0. The first-order chi connectivity index (χ1) is 11.5. The molecule has 0 aromatic carbocycles. The Labute approximate surface area is 161 Å². The van der Waals surface area contributed by atoms with Crippen LogP contribution in [0, 0.1) is 0 Å². The number of hydrogen-bond donors (Lipinski definition) is 3. The monoisotopic (exact) mass is 474 g/mol. The van der Waals surface area contributed by atoms with Gasteiger partial charge in [0.15, 0.2) is 5.96 Å². The summed E-state index contributed by atoms with van der Waals surface area (Å²) in [7, 11) is 1.65. The van der Waals surface area contributed by atoms with E-state index < -0.39 is 11.9 Å². The molecule has 0 saturated carbocycles. The molecule has 1 aliphatic rings. The lowest BCUT2D eigenvalue weighted by Crippen LogP contribution is -2.42. The summed E-state index contributed by atoms with van der Waals surface area (Å²) < 4.78 is 43.2. The fourth-order valence-electron chi connectivity index (χ4n) is 2.19. The number of anilines is 1. The van der Waals surface area contributed by atoms with Crippen molar-refractivity contribution >= 4 is 35.9 Å². The van der Waals surface area contributed by atoms with Crippen molar-refractivity contribution in [1.82, 2.24) is 20.6 Å². The van der Waals surface area contributed by atoms with Crippen LogP contribution >= 0.6 is 24.0 Å². The SMILES string of the molecule is CN=C(NCCNc1nccc(C(F)(F)F)n1)NCC1CCCO1.I. The predicted octanol–water partition coefficient (Wildman–Crippen LogP) is 1.87. The Morgan fingerprint density at radius 3 is 2.80 bits per heavy atom. The van der Waals surface area contributed by atoms with Crippen LogP contribution in [0.2, 0.25) is 0 Å².